The Balaban J connectivity index is -0.000000176. The number of carboxylic acids is 1. The monoisotopic (exact) mass is 2850 g/mol. The second-order valence-electron chi connectivity index (χ2n) is 25.1. The van der Waals surface area contributed by atoms with Gasteiger partial charge in [-0.2, -0.15) is 15.0 Å². The van der Waals surface area contributed by atoms with Crippen molar-refractivity contribution in [2.75, 3.05) is 47.5 Å². The third kappa shape index (κ3) is 55.6. The summed E-state index contributed by atoms with van der Waals surface area (Å²) in [5.41, 5.74) is 11.3. The first kappa shape index (κ1) is 143. The first-order valence-electron chi connectivity index (χ1n) is 36.0. The zero-order chi connectivity index (χ0) is 91.4. The van der Waals surface area contributed by atoms with Gasteiger partial charge in [0.25, 0.3) is 6.47 Å². The number of methoxy groups -OCH3 is 2. The predicted molar refractivity (Wildman–Crippen MR) is 529 cm³/mol. The van der Waals surface area contributed by atoms with Crippen LogP contribution in [0.25, 0.3) is 0 Å². The number of Topliss-reactive ketones (excluding diaryl/α,β-unsaturated/α-hetero) is 3. The maximum atomic E-state index is 12.5. The van der Waals surface area contributed by atoms with E-state index in [1.165, 1.54) is 46.3 Å². The van der Waals surface area contributed by atoms with Crippen LogP contribution >= 0.6 is 210 Å². The van der Waals surface area contributed by atoms with Gasteiger partial charge in [-0.3, -0.25) is 53.8 Å². The van der Waals surface area contributed by atoms with Crippen LogP contribution in [0.3, 0.4) is 0 Å². The molecular weight excluding hydrogens is 2750 g/mol. The number of aliphatic carboxylic acids is 1. The van der Waals surface area contributed by atoms with E-state index in [9.17, 15) is 60.1 Å². The van der Waals surface area contributed by atoms with Crippen molar-refractivity contribution in [3.05, 3.63) is 76.9 Å². The van der Waals surface area contributed by atoms with E-state index < -0.39 is 74.9 Å². The molecule has 0 bridgehead atoms. The van der Waals surface area contributed by atoms with Crippen LogP contribution < -0.4 is 144 Å². The molecule has 7 aliphatic rings. The number of likely N-dealkylation sites (N-methyl/N-ethyl adjacent to an activating group) is 1. The molecule has 57 heteroatoms. The van der Waals surface area contributed by atoms with Gasteiger partial charge in [-0.15, -0.1) is 24.0 Å². The van der Waals surface area contributed by atoms with Gasteiger partial charge in [-0.1, -0.05) is 74.4 Å². The maximum absolute atomic E-state index is 12.5. The van der Waals surface area contributed by atoms with Crippen molar-refractivity contribution in [1.82, 2.24) is 45.2 Å². The molecule has 2 aliphatic heterocycles. The second-order valence-corrected chi connectivity index (χ2v) is 52.0. The van der Waals surface area contributed by atoms with Gasteiger partial charge in [0, 0.05) is 138 Å². The van der Waals surface area contributed by atoms with Crippen LogP contribution in [0.15, 0.2) is 24.8 Å². The van der Waals surface area contributed by atoms with Gasteiger partial charge in [0.05, 0.1) is 42.3 Å². The minimum atomic E-state index is -1.82. The number of carbonyl (C=O) groups is 8. The minimum Gasteiger partial charge on any atom is -1.00 e. The fourth-order valence-corrected chi connectivity index (χ4v) is 11.7. The molecule has 0 aromatic carbocycles. The van der Waals surface area contributed by atoms with E-state index in [1.807, 2.05) is 64.9 Å². The van der Waals surface area contributed by atoms with Crippen molar-refractivity contribution in [2.45, 2.75) is 258 Å². The molecule has 0 spiro atoms. The Bertz CT molecular complexity index is 3830. The number of esters is 2. The van der Waals surface area contributed by atoms with Gasteiger partial charge in [0.15, 0.2) is 17.4 Å². The SMILES string of the molecule is C.C.CC[C@@H](N)C(=O)O.CC[C@@H](N)C(=O)OC.CC[C@@H](NC1CCC1)C(=O)CO.CC[C@@H]1C(=O)Cc2cnc(Cl)nc2N1C1CCC1.CC[C@@H]1C(=O)N(C)c2cnc(Cl)nc2N1C1CCC1.CC[C@H](C(=O)OC)N(c1nc(Cl)ncc1[N+](=O)[O-])C1CCC1.FI(I)I.I.II.O=C1CCC1.O=CO[O-].O=S(Cl)Cl.O=[N+]([O-])c1cnc(Cl)nc1Cl.[F][V][I].[Fe].[H-].[K+].[K+]. The number of carboxylic acid groups (broad SMARTS) is 1. The molecule has 0 saturated heterocycles. The third-order valence-electron chi connectivity index (χ3n) is 18.0. The van der Waals surface area contributed by atoms with Crippen LogP contribution in [0.4, 0.5) is 40.8 Å². The Labute approximate surface area is 947 Å². The molecule has 7 N–H and O–H groups in total. The van der Waals surface area contributed by atoms with Gasteiger partial charge < -0.3 is 67.6 Å². The number of aromatic nitrogens is 8. The molecule has 5 fully saturated rings. The summed E-state index contributed by atoms with van der Waals surface area (Å²) >= 11 is 35.2. The van der Waals surface area contributed by atoms with Crippen molar-refractivity contribution in [3.8, 4) is 0 Å². The van der Waals surface area contributed by atoms with Crippen LogP contribution in [-0.4, -0.2) is 200 Å². The smallest absolute Gasteiger partial charge is 1.00 e. The minimum absolute atomic E-state index is 0. The van der Waals surface area contributed by atoms with Gasteiger partial charge in [-0.25, -0.2) is 33.9 Å². The van der Waals surface area contributed by atoms with Crippen molar-refractivity contribution in [1.29, 1.82) is 0 Å². The summed E-state index contributed by atoms with van der Waals surface area (Å²) in [5.74, 6) is 0.801. The molecule has 1 amide bonds. The summed E-state index contributed by atoms with van der Waals surface area (Å²) < 4.78 is 39.8. The van der Waals surface area contributed by atoms with E-state index >= 15 is 0 Å². The number of nitrogens with one attached hydrogen (secondary N) is 1. The van der Waals surface area contributed by atoms with E-state index in [1.54, 1.807) is 56.1 Å². The molecule has 0 radical (unpaired) electrons. The molecule has 4 aromatic heterocycles. The third-order valence-corrected chi connectivity index (χ3v) is 19.0. The van der Waals surface area contributed by atoms with Crippen molar-refractivity contribution >= 4 is 302 Å². The fraction of sp³-hybridized carbons (Fsp3) is 0.647. The molecule has 4 aromatic rings. The first-order chi connectivity index (χ1) is 56.3. The summed E-state index contributed by atoms with van der Waals surface area (Å²) in [6, 6.07) is -0.668. The number of aliphatic hydroxyl groups excluding tert-OH is 1. The molecule has 6 atom stereocenters. The summed E-state index contributed by atoms with van der Waals surface area (Å²) in [4.78, 5) is 148. The molecule has 5 aliphatic carbocycles. The van der Waals surface area contributed by atoms with Gasteiger partial charge in [0.1, 0.15) is 60.5 Å². The first-order valence-corrected chi connectivity index (χ1v) is 65.4. The van der Waals surface area contributed by atoms with Crippen LogP contribution in [0.5, 0.6) is 0 Å². The summed E-state index contributed by atoms with van der Waals surface area (Å²) in [5, 5.41) is 49.8. The Morgan fingerprint density at radius 1 is 0.728 bits per heavy atom. The number of carbonyl (C=O) groups excluding carboxylic acids is 7. The molecule has 5 saturated carbocycles. The van der Waals surface area contributed by atoms with Crippen molar-refractivity contribution in [3.63, 3.8) is 0 Å². The number of amides is 1. The number of ketones is 3. The average molecular weight is 2860 g/mol. The van der Waals surface area contributed by atoms with E-state index in [2.05, 4.69) is 130 Å². The van der Waals surface area contributed by atoms with Gasteiger partial charge >= 0.3 is 221 Å². The maximum Gasteiger partial charge on any atom is 1.00 e. The van der Waals surface area contributed by atoms with E-state index in [0.29, 0.717) is 49.6 Å². The number of halogens is 16. The van der Waals surface area contributed by atoms with Crippen LogP contribution in [0.1, 0.15) is 198 Å². The Morgan fingerprint density at radius 2 is 1.13 bits per heavy atom. The molecule has 0 unspecified atom stereocenters. The van der Waals surface area contributed by atoms with Gasteiger partial charge in [0.2, 0.25) is 47.2 Å². The standard InChI is InChI=1S/C13H17ClN4O4.C13H17ClN4O.C13H16ClN3O.C9H17NO2.C5H11NO2.C4HCl2N3O2.C4H9NO2.C4H6O.CH2O3.2CH4.Cl2OS.FI3.FH.Fe.I2.2HI.2K.V.H/c1-3-9(12(19)22-2)17(8-5-4-6-8)11-10(18(20)21)7-15-13(14)16-11;1-3-9-12(19)17(2)10-7-15-13(14)16-11(10)18(9)8-5-4-6-8;1-2-10-11(18)6-8-7-15-13(14)16-12(8)17(10)9-4-3-5-9;1-2-8(9(12)6-11)10-7-4-3-5-7;1-3-4(6)5(7)8-2;5-3-2(9(10)11)1-7-4(6)8-3;1-2-3(5)4(6)7;5-4-2-1-3-4;2-1-4-3;;;2*1-4(2)3;;;1-2;;;;;;/h7-9H,3-6H2,1-2H3;7-9H,3-6H2,1-2H3;7,9-10H,2-6H2,1H3;7-8,10-11H,2-6H2,1H3;4H,3,6H2,1-2H3;1H;3H,2,5H2,1H3,(H,6,7);1-3H2;1,3H;2*1H4;;;1H;;;2*1H;;;;/q;;;;;;;;;;;;;;;;;;2*+1;+2;-1/p-3/t2*9-;10-;8-;4-;;3-;;;;;;;;;;;;;;;/m11111.1.............../s1. The van der Waals surface area contributed by atoms with Crippen LogP contribution in [0, 0.1) is 20.2 Å². The normalized spacial score (nSPS) is 16.0. The Hall–Kier alpha value is 2.21. The predicted octanol–water partition coefficient (Wildman–Crippen LogP) is 11.2. The quantitative estimate of drug-likeness (QED) is 0.00494. The number of nitro groups is 2. The molecular formula is C68H105Cl7F2FeI7K2N17O19SV. The average Bonchev–Trinajstić information content (AvgIpc) is 0.752. The molecule has 6 heterocycles. The zero-order valence-electron chi connectivity index (χ0n) is 69.5. The largest absolute Gasteiger partial charge is 1.00 e. The number of hydrogen-bond donors (Lipinski definition) is 5. The number of fused-ring (bicyclic) bond motifs is 2. The summed E-state index contributed by atoms with van der Waals surface area (Å²) in [6.45, 7) is 10.9. The van der Waals surface area contributed by atoms with E-state index in [4.69, 9.17) is 98.7 Å². The number of nitrogens with two attached hydrogens (primary N) is 2. The zero-order valence-corrected chi connectivity index (χ0v) is 98.6. The number of hydrogen-bond acceptors (Lipinski definition) is 32. The van der Waals surface area contributed by atoms with E-state index in [-0.39, 0.29) is 264 Å². The van der Waals surface area contributed by atoms with Crippen LogP contribution in [-0.2, 0) is 98.8 Å². The van der Waals surface area contributed by atoms with Crippen molar-refractivity contribution in [2.24, 2.45) is 11.5 Å². The molecule has 125 heavy (non-hydrogen) atoms. The number of anilines is 4. The van der Waals surface area contributed by atoms with Crippen LogP contribution in [0.2, 0.25) is 26.3 Å². The molecule has 11 rings (SSSR count). The Kier molecular flexibility index (Phi) is 94.9. The van der Waals surface area contributed by atoms with E-state index in [0.717, 1.165) is 119 Å². The molecule has 36 nitrogen and oxygen atoms in total. The fourth-order valence-electron chi connectivity index (χ4n) is 10.9. The number of ether oxygens (including phenoxy) is 2. The van der Waals surface area contributed by atoms with Gasteiger partial charge in [-0.05, 0) is 162 Å². The topological polar surface area (TPSA) is 511 Å². The Morgan fingerprint density at radius 3 is 1.44 bits per heavy atom. The summed E-state index contributed by atoms with van der Waals surface area (Å²) in [6.07, 6.45) is 25.9. The summed E-state index contributed by atoms with van der Waals surface area (Å²) in [7, 11) is 11.8. The molecule has 709 valence electrons. The second kappa shape index (κ2) is 83.2. The number of nitrogens with zero attached hydrogens (tertiary/aromatic N) is 14. The van der Waals surface area contributed by atoms with Crippen molar-refractivity contribution < 1.29 is 223 Å². The number of rotatable bonds is 21. The number of aliphatic hydroxyl groups is 1.